The second-order valence-electron chi connectivity index (χ2n) is 1.79. The van der Waals surface area contributed by atoms with E-state index in [9.17, 15) is 0 Å². The third-order valence-corrected chi connectivity index (χ3v) is 0.904. The van der Waals surface area contributed by atoms with Crippen molar-refractivity contribution < 1.29 is 9.47 Å². The summed E-state index contributed by atoms with van der Waals surface area (Å²) in [5.41, 5.74) is 4.99. The van der Waals surface area contributed by atoms with Gasteiger partial charge in [-0.15, -0.1) is 0 Å². The summed E-state index contributed by atoms with van der Waals surface area (Å²) in [6.07, 6.45) is 0. The van der Waals surface area contributed by atoms with Gasteiger partial charge in [-0.1, -0.05) is 0 Å². The first-order valence-corrected chi connectivity index (χ1v) is 2.19. The van der Waals surface area contributed by atoms with Gasteiger partial charge in [-0.3, -0.25) is 5.73 Å². The summed E-state index contributed by atoms with van der Waals surface area (Å²) >= 11 is 0. The average molecular weight is 103 g/mol. The van der Waals surface area contributed by atoms with Gasteiger partial charge in [0, 0.05) is 7.11 Å². The van der Waals surface area contributed by atoms with Crippen molar-refractivity contribution in [2.24, 2.45) is 5.73 Å². The van der Waals surface area contributed by atoms with Crippen molar-refractivity contribution in [3.8, 4) is 0 Å². The van der Waals surface area contributed by atoms with E-state index >= 15 is 0 Å². The highest BCUT2D eigenvalue weighted by atomic mass is 16.6. The monoisotopic (exact) mass is 103 g/mol. The molecule has 0 amide bonds. The third-order valence-electron chi connectivity index (χ3n) is 0.904. The lowest BCUT2D eigenvalue weighted by Gasteiger charge is -1.99. The molecule has 0 radical (unpaired) electrons. The van der Waals surface area contributed by atoms with E-state index in [1.165, 1.54) is 0 Å². The Morgan fingerprint density at radius 1 is 2.00 bits per heavy atom. The summed E-state index contributed by atoms with van der Waals surface area (Å²) in [6, 6.07) is 0. The van der Waals surface area contributed by atoms with Gasteiger partial charge >= 0.3 is 0 Å². The number of hydrogen-bond donors (Lipinski definition) is 1. The van der Waals surface area contributed by atoms with Crippen LogP contribution in [0.4, 0.5) is 0 Å². The molecule has 0 aliphatic carbocycles. The fourth-order valence-electron chi connectivity index (χ4n) is 0.420. The normalized spacial score (nSPS) is 38.6. The van der Waals surface area contributed by atoms with Crippen molar-refractivity contribution in [2.75, 3.05) is 20.3 Å². The highest BCUT2D eigenvalue weighted by Gasteiger charge is 2.40. The summed E-state index contributed by atoms with van der Waals surface area (Å²) in [4.78, 5) is 0. The number of rotatable bonds is 2. The van der Waals surface area contributed by atoms with Crippen LogP contribution in [0.3, 0.4) is 0 Å². The van der Waals surface area contributed by atoms with Crippen LogP contribution in [0.5, 0.6) is 0 Å². The van der Waals surface area contributed by atoms with Crippen LogP contribution >= 0.6 is 0 Å². The summed E-state index contributed by atoms with van der Waals surface area (Å²) < 4.78 is 9.51. The summed E-state index contributed by atoms with van der Waals surface area (Å²) in [5, 5.41) is 0. The number of ether oxygens (including phenoxy) is 2. The lowest BCUT2D eigenvalue weighted by Crippen LogP contribution is -2.29. The van der Waals surface area contributed by atoms with Gasteiger partial charge in [0.15, 0.2) is 5.72 Å². The van der Waals surface area contributed by atoms with Crippen LogP contribution in [-0.2, 0) is 9.47 Å². The molecule has 1 atom stereocenters. The van der Waals surface area contributed by atoms with E-state index in [4.69, 9.17) is 15.2 Å². The molecule has 1 unspecified atom stereocenters. The first kappa shape index (κ1) is 5.03. The Morgan fingerprint density at radius 2 is 2.57 bits per heavy atom. The molecule has 2 N–H and O–H groups in total. The van der Waals surface area contributed by atoms with Gasteiger partial charge in [0.25, 0.3) is 0 Å². The second kappa shape index (κ2) is 1.43. The number of hydrogen-bond acceptors (Lipinski definition) is 3. The molecule has 1 aliphatic rings. The minimum Gasteiger partial charge on any atom is -0.380 e. The fraction of sp³-hybridized carbons (Fsp3) is 1.00. The minimum atomic E-state index is -0.422. The lowest BCUT2D eigenvalue weighted by molar-refractivity contribution is 0.124. The molecule has 1 heterocycles. The highest BCUT2D eigenvalue weighted by Crippen LogP contribution is 2.18. The van der Waals surface area contributed by atoms with Gasteiger partial charge < -0.3 is 9.47 Å². The molecule has 0 bridgehead atoms. The molecule has 7 heavy (non-hydrogen) atoms. The number of epoxide rings is 1. The first-order chi connectivity index (χ1) is 3.27. The van der Waals surface area contributed by atoms with Gasteiger partial charge in [-0.25, -0.2) is 0 Å². The molecule has 0 aromatic heterocycles. The standard InChI is InChI=1S/C4H9NO2/c1-6-2-4(5)3-7-4/h2-3,5H2,1H3. The zero-order valence-corrected chi connectivity index (χ0v) is 4.31. The maximum absolute atomic E-state index is 5.41. The SMILES string of the molecule is COCC1(N)CO1. The third kappa shape index (κ3) is 1.12. The van der Waals surface area contributed by atoms with Crippen molar-refractivity contribution in [2.45, 2.75) is 5.72 Å². The Bertz CT molecular complexity index is 70.1. The smallest absolute Gasteiger partial charge is 0.164 e. The zero-order chi connectivity index (χ0) is 5.33. The summed E-state index contributed by atoms with van der Waals surface area (Å²) in [5.74, 6) is 0. The Morgan fingerprint density at radius 3 is 2.71 bits per heavy atom. The van der Waals surface area contributed by atoms with E-state index in [1.807, 2.05) is 0 Å². The molecule has 0 aromatic carbocycles. The fourth-order valence-corrected chi connectivity index (χ4v) is 0.420. The molecule has 3 heteroatoms. The molecule has 1 fully saturated rings. The van der Waals surface area contributed by atoms with E-state index in [1.54, 1.807) is 7.11 Å². The van der Waals surface area contributed by atoms with Gasteiger partial charge in [-0.05, 0) is 0 Å². The molecule has 3 nitrogen and oxygen atoms in total. The van der Waals surface area contributed by atoms with Crippen LogP contribution in [-0.4, -0.2) is 26.0 Å². The minimum absolute atomic E-state index is 0.422. The maximum Gasteiger partial charge on any atom is 0.164 e. The second-order valence-corrected chi connectivity index (χ2v) is 1.79. The van der Waals surface area contributed by atoms with Gasteiger partial charge in [-0.2, -0.15) is 0 Å². The van der Waals surface area contributed by atoms with Gasteiger partial charge in [0.1, 0.15) is 0 Å². The molecule has 1 saturated heterocycles. The lowest BCUT2D eigenvalue weighted by atomic mass is 10.4. The van der Waals surface area contributed by atoms with Crippen LogP contribution in [0.2, 0.25) is 0 Å². The Labute approximate surface area is 42.4 Å². The largest absolute Gasteiger partial charge is 0.380 e. The van der Waals surface area contributed by atoms with Crippen molar-refractivity contribution >= 4 is 0 Å². The van der Waals surface area contributed by atoms with Crippen molar-refractivity contribution in [3.63, 3.8) is 0 Å². The maximum atomic E-state index is 5.41. The highest BCUT2D eigenvalue weighted by molar-refractivity contribution is 4.84. The molecular weight excluding hydrogens is 94.0 g/mol. The van der Waals surface area contributed by atoms with E-state index in [2.05, 4.69) is 0 Å². The number of methoxy groups -OCH3 is 1. The summed E-state index contributed by atoms with van der Waals surface area (Å²) in [7, 11) is 1.61. The van der Waals surface area contributed by atoms with Crippen molar-refractivity contribution in [1.29, 1.82) is 0 Å². The molecule has 1 rings (SSSR count). The predicted octanol–water partition coefficient (Wildman–Crippen LogP) is -0.682. The van der Waals surface area contributed by atoms with Crippen LogP contribution in [0.15, 0.2) is 0 Å². The molecular formula is C4H9NO2. The average Bonchev–Trinajstić information content (AvgIpc) is 2.22. The first-order valence-electron chi connectivity index (χ1n) is 2.19. The van der Waals surface area contributed by atoms with Crippen LogP contribution in [0.1, 0.15) is 0 Å². The Hall–Kier alpha value is -0.120. The van der Waals surface area contributed by atoms with Gasteiger partial charge in [0.05, 0.1) is 13.2 Å². The molecule has 1 aliphatic heterocycles. The topological polar surface area (TPSA) is 47.8 Å². The zero-order valence-electron chi connectivity index (χ0n) is 4.31. The van der Waals surface area contributed by atoms with E-state index < -0.39 is 5.72 Å². The summed E-state index contributed by atoms with van der Waals surface area (Å²) in [6.45, 7) is 1.15. The molecule has 0 saturated carbocycles. The van der Waals surface area contributed by atoms with Crippen LogP contribution in [0.25, 0.3) is 0 Å². The van der Waals surface area contributed by atoms with Crippen LogP contribution < -0.4 is 5.73 Å². The molecule has 42 valence electrons. The van der Waals surface area contributed by atoms with E-state index in [0.717, 1.165) is 0 Å². The van der Waals surface area contributed by atoms with E-state index in [-0.39, 0.29) is 0 Å². The molecule has 0 spiro atoms. The van der Waals surface area contributed by atoms with E-state index in [0.29, 0.717) is 13.2 Å². The Kier molecular flexibility index (Phi) is 1.03. The van der Waals surface area contributed by atoms with Gasteiger partial charge in [0.2, 0.25) is 0 Å². The molecule has 0 aromatic rings. The van der Waals surface area contributed by atoms with Crippen molar-refractivity contribution in [1.82, 2.24) is 0 Å². The Balaban J connectivity index is 2.13. The quantitative estimate of drug-likeness (QED) is 0.471. The predicted molar refractivity (Wildman–Crippen MR) is 24.7 cm³/mol. The van der Waals surface area contributed by atoms with Crippen molar-refractivity contribution in [3.05, 3.63) is 0 Å². The van der Waals surface area contributed by atoms with Crippen LogP contribution in [0, 0.1) is 0 Å². The number of nitrogens with two attached hydrogens (primary N) is 1.